The average Bonchev–Trinajstić information content (AvgIpc) is 3.16. The number of carbonyl (C=O) groups excluding carboxylic acids is 1. The van der Waals surface area contributed by atoms with Crippen molar-refractivity contribution in [1.82, 2.24) is 14.5 Å². The number of pyridine rings is 1. The molecular formula is C18H17FN4O2. The van der Waals surface area contributed by atoms with Crippen LogP contribution in [0.5, 0.6) is 5.75 Å². The molecule has 1 aromatic carbocycles. The van der Waals surface area contributed by atoms with Gasteiger partial charge in [-0.05, 0) is 31.2 Å². The van der Waals surface area contributed by atoms with Crippen molar-refractivity contribution in [2.24, 2.45) is 0 Å². The van der Waals surface area contributed by atoms with Crippen molar-refractivity contribution in [1.29, 1.82) is 0 Å². The van der Waals surface area contributed by atoms with Gasteiger partial charge >= 0.3 is 0 Å². The van der Waals surface area contributed by atoms with Crippen LogP contribution >= 0.6 is 0 Å². The number of hydrogen-bond acceptors (Lipinski definition) is 4. The minimum Gasteiger partial charge on any atom is -0.484 e. The Bertz CT molecular complexity index is 838. The van der Waals surface area contributed by atoms with Crippen molar-refractivity contribution in [3.8, 4) is 5.75 Å². The highest BCUT2D eigenvalue weighted by Crippen LogP contribution is 2.22. The molecule has 1 N–H and O–H groups in total. The van der Waals surface area contributed by atoms with Crippen LogP contribution in [0.15, 0.2) is 61.3 Å². The maximum atomic E-state index is 14.2. The van der Waals surface area contributed by atoms with Crippen LogP contribution in [0.3, 0.4) is 0 Å². The molecule has 25 heavy (non-hydrogen) atoms. The Hall–Kier alpha value is -3.22. The molecule has 0 bridgehead atoms. The highest BCUT2D eigenvalue weighted by atomic mass is 19.1. The van der Waals surface area contributed by atoms with Gasteiger partial charge in [-0.3, -0.25) is 9.78 Å². The quantitative estimate of drug-likeness (QED) is 0.748. The van der Waals surface area contributed by atoms with Crippen LogP contribution < -0.4 is 10.1 Å². The highest BCUT2D eigenvalue weighted by Gasteiger charge is 2.15. The zero-order chi connectivity index (χ0) is 17.6. The van der Waals surface area contributed by atoms with Crippen LogP contribution in [-0.2, 0) is 11.4 Å². The van der Waals surface area contributed by atoms with Gasteiger partial charge in [-0.2, -0.15) is 0 Å². The summed E-state index contributed by atoms with van der Waals surface area (Å²) in [5, 5.41) is 2.68. The Labute approximate surface area is 144 Å². The second-order valence-corrected chi connectivity index (χ2v) is 5.43. The average molecular weight is 340 g/mol. The van der Waals surface area contributed by atoms with Crippen LogP contribution in [0, 0.1) is 5.82 Å². The first kappa shape index (κ1) is 16.6. The maximum absolute atomic E-state index is 14.2. The summed E-state index contributed by atoms with van der Waals surface area (Å²) in [6.07, 6.45) is 6.49. The van der Waals surface area contributed by atoms with Gasteiger partial charge in [0.25, 0.3) is 0 Å². The van der Waals surface area contributed by atoms with E-state index in [0.29, 0.717) is 11.4 Å². The number of aromatic nitrogens is 3. The molecule has 3 aromatic rings. The van der Waals surface area contributed by atoms with Gasteiger partial charge in [-0.15, -0.1) is 0 Å². The first-order valence-electron chi connectivity index (χ1n) is 7.74. The molecule has 2 aromatic heterocycles. The minimum absolute atomic E-state index is 0.103. The van der Waals surface area contributed by atoms with Crippen molar-refractivity contribution in [2.45, 2.75) is 19.6 Å². The van der Waals surface area contributed by atoms with Crippen molar-refractivity contribution in [3.63, 3.8) is 0 Å². The van der Waals surface area contributed by atoms with Gasteiger partial charge in [-0.25, -0.2) is 9.37 Å². The first-order chi connectivity index (χ1) is 12.1. The van der Waals surface area contributed by atoms with E-state index in [9.17, 15) is 9.18 Å². The van der Waals surface area contributed by atoms with Gasteiger partial charge in [0.15, 0.2) is 11.6 Å². The summed E-state index contributed by atoms with van der Waals surface area (Å²) in [6, 6.07) is 9.28. The van der Waals surface area contributed by atoms with E-state index in [4.69, 9.17) is 4.74 Å². The number of imidazole rings is 1. The number of nitrogens with one attached hydrogen (secondary N) is 1. The number of hydrogen-bond donors (Lipinski definition) is 1. The Kier molecular flexibility index (Phi) is 5.03. The zero-order valence-corrected chi connectivity index (χ0v) is 13.6. The minimum atomic E-state index is -0.552. The fourth-order valence-corrected chi connectivity index (χ4v) is 2.21. The van der Waals surface area contributed by atoms with Crippen molar-refractivity contribution < 1.29 is 13.9 Å². The summed E-state index contributed by atoms with van der Waals surface area (Å²) >= 11 is 0. The fourth-order valence-electron chi connectivity index (χ4n) is 2.21. The van der Waals surface area contributed by atoms with E-state index in [1.54, 1.807) is 54.6 Å². The van der Waals surface area contributed by atoms with Crippen LogP contribution in [-0.4, -0.2) is 20.4 Å². The van der Waals surface area contributed by atoms with Gasteiger partial charge in [0.2, 0.25) is 5.91 Å². The van der Waals surface area contributed by atoms with Crippen molar-refractivity contribution in [2.75, 3.05) is 5.32 Å². The predicted molar refractivity (Wildman–Crippen MR) is 90.5 cm³/mol. The fraction of sp³-hybridized carbons (Fsp3) is 0.167. The molecule has 7 heteroatoms. The zero-order valence-electron chi connectivity index (χ0n) is 13.6. The monoisotopic (exact) mass is 340 g/mol. The molecule has 3 rings (SSSR count). The summed E-state index contributed by atoms with van der Waals surface area (Å²) < 4.78 is 21.3. The number of carbonyl (C=O) groups is 1. The molecule has 0 aliphatic rings. The first-order valence-corrected chi connectivity index (χ1v) is 7.74. The van der Waals surface area contributed by atoms with Crippen molar-refractivity contribution in [3.05, 3.63) is 72.8 Å². The Morgan fingerprint density at radius 1 is 1.32 bits per heavy atom. The van der Waals surface area contributed by atoms with E-state index < -0.39 is 11.9 Å². The van der Waals surface area contributed by atoms with E-state index in [2.05, 4.69) is 15.3 Å². The normalized spacial score (nSPS) is 11.8. The molecule has 0 spiro atoms. The smallest absolute Gasteiger partial charge is 0.247 e. The lowest BCUT2D eigenvalue weighted by molar-refractivity contribution is -0.118. The Morgan fingerprint density at radius 2 is 2.20 bits per heavy atom. The molecule has 1 amide bonds. The third-order valence-corrected chi connectivity index (χ3v) is 3.65. The highest BCUT2D eigenvalue weighted by molar-refractivity contribution is 5.93. The molecule has 2 heterocycles. The molecule has 0 aliphatic carbocycles. The number of anilines is 1. The Morgan fingerprint density at radius 3 is 2.88 bits per heavy atom. The molecule has 0 aliphatic heterocycles. The van der Waals surface area contributed by atoms with Crippen LogP contribution in [0.25, 0.3) is 0 Å². The molecule has 1 unspecified atom stereocenters. The van der Waals surface area contributed by atoms with E-state index in [1.807, 2.05) is 6.07 Å². The van der Waals surface area contributed by atoms with Gasteiger partial charge in [-0.1, -0.05) is 6.07 Å². The van der Waals surface area contributed by atoms with Crippen LogP contribution in [0.1, 0.15) is 18.7 Å². The third-order valence-electron chi connectivity index (χ3n) is 3.65. The van der Waals surface area contributed by atoms with E-state index in [1.165, 1.54) is 12.1 Å². The number of benzene rings is 1. The number of rotatable bonds is 6. The van der Waals surface area contributed by atoms with Gasteiger partial charge in [0, 0.05) is 30.3 Å². The molecule has 0 saturated heterocycles. The second-order valence-electron chi connectivity index (χ2n) is 5.43. The predicted octanol–water partition coefficient (Wildman–Crippen LogP) is 3.20. The van der Waals surface area contributed by atoms with Crippen molar-refractivity contribution >= 4 is 11.6 Å². The number of ether oxygens (including phenoxy) is 1. The van der Waals surface area contributed by atoms with E-state index >= 15 is 0 Å². The lowest BCUT2D eigenvalue weighted by Gasteiger charge is -2.14. The SMILES string of the molecule is CC(C(=O)Nc1ccc(OCc2ccccn2)c(F)c1)n1ccnc1. The van der Waals surface area contributed by atoms with Gasteiger partial charge in [0.05, 0.1) is 12.0 Å². The van der Waals surface area contributed by atoms with Gasteiger partial charge in [0.1, 0.15) is 12.6 Å². The lowest BCUT2D eigenvalue weighted by Crippen LogP contribution is -2.22. The molecule has 128 valence electrons. The summed E-state index contributed by atoms with van der Waals surface area (Å²) in [6.45, 7) is 1.90. The lowest BCUT2D eigenvalue weighted by atomic mass is 10.2. The second kappa shape index (κ2) is 7.57. The summed E-state index contributed by atoms with van der Waals surface area (Å²) in [5.41, 5.74) is 1.06. The van der Waals surface area contributed by atoms with Crippen LogP contribution in [0.4, 0.5) is 10.1 Å². The summed E-state index contributed by atoms with van der Waals surface area (Å²) in [4.78, 5) is 20.2. The maximum Gasteiger partial charge on any atom is 0.247 e. The standard InChI is InChI=1S/C18H17FN4O2/c1-13(23-9-8-20-12-23)18(24)22-14-5-6-17(16(19)10-14)25-11-15-4-2-3-7-21-15/h2-10,12-13H,11H2,1H3,(H,22,24). The van der Waals surface area contributed by atoms with E-state index in [0.717, 1.165) is 0 Å². The topological polar surface area (TPSA) is 69.0 Å². The molecule has 0 saturated carbocycles. The molecule has 0 radical (unpaired) electrons. The number of amides is 1. The number of halogens is 1. The molecular weight excluding hydrogens is 323 g/mol. The molecule has 1 atom stereocenters. The summed E-state index contributed by atoms with van der Waals surface area (Å²) in [5.74, 6) is -0.713. The Balaban J connectivity index is 1.62. The van der Waals surface area contributed by atoms with Crippen LogP contribution in [0.2, 0.25) is 0 Å². The largest absolute Gasteiger partial charge is 0.484 e. The number of nitrogens with zero attached hydrogens (tertiary/aromatic N) is 3. The van der Waals surface area contributed by atoms with E-state index in [-0.39, 0.29) is 18.3 Å². The summed E-state index contributed by atoms with van der Waals surface area (Å²) in [7, 11) is 0. The third kappa shape index (κ3) is 4.20. The molecule has 6 nitrogen and oxygen atoms in total. The van der Waals surface area contributed by atoms with Gasteiger partial charge < -0.3 is 14.6 Å². The molecule has 0 fully saturated rings.